The average molecular weight is 759 g/mol. The molecule has 0 saturated heterocycles. The average Bonchev–Trinajstić information content (AvgIpc) is 3.21. The Morgan fingerprint density at radius 2 is 0.836 bits per heavy atom. The molecule has 0 spiro atoms. The number of thiol groups is 1. The Hall–Kier alpha value is -4.70. The van der Waals surface area contributed by atoms with E-state index in [0.29, 0.717) is 5.75 Å². The van der Waals surface area contributed by atoms with Crippen molar-refractivity contribution in [3.63, 3.8) is 0 Å². The van der Waals surface area contributed by atoms with Gasteiger partial charge < -0.3 is 5.11 Å². The van der Waals surface area contributed by atoms with E-state index in [1.54, 1.807) is 6.07 Å². The lowest BCUT2D eigenvalue weighted by molar-refractivity contribution is 0.476. The number of benzene rings is 8. The zero-order valence-corrected chi connectivity index (χ0v) is 34.1. The van der Waals surface area contributed by atoms with E-state index < -0.39 is 0 Å². The van der Waals surface area contributed by atoms with Gasteiger partial charge in [-0.1, -0.05) is 173 Å². The van der Waals surface area contributed by atoms with Crippen LogP contribution in [0, 0.1) is 0 Å². The summed E-state index contributed by atoms with van der Waals surface area (Å²) in [6.07, 6.45) is 12.8. The van der Waals surface area contributed by atoms with Crippen LogP contribution in [0.2, 0.25) is 0 Å². The minimum atomic E-state index is 0.348. The van der Waals surface area contributed by atoms with E-state index in [1.165, 1.54) is 116 Å². The van der Waals surface area contributed by atoms with Crippen LogP contribution in [0.5, 0.6) is 5.75 Å². The van der Waals surface area contributed by atoms with Crippen molar-refractivity contribution in [3.05, 3.63) is 169 Å². The molecule has 0 heterocycles. The van der Waals surface area contributed by atoms with Crippen molar-refractivity contribution >= 4 is 67.5 Å². The number of aryl methyl sites for hydroxylation is 2. The van der Waals surface area contributed by atoms with E-state index in [-0.39, 0.29) is 0 Å². The number of hydrogen-bond acceptors (Lipinski definition) is 3. The van der Waals surface area contributed by atoms with Gasteiger partial charge in [-0.05, 0) is 128 Å². The molecule has 0 radical (unpaired) electrons. The van der Waals surface area contributed by atoms with E-state index in [9.17, 15) is 5.11 Å². The first-order chi connectivity index (χ1) is 27.0. The maximum atomic E-state index is 9.47. The Morgan fingerprint density at radius 3 is 1.40 bits per heavy atom. The van der Waals surface area contributed by atoms with Gasteiger partial charge in [-0.2, -0.15) is 0 Å². The summed E-state index contributed by atoms with van der Waals surface area (Å²) in [7, 11) is 0. The molecule has 0 aromatic heterocycles. The fraction of sp³-hybridized carbons (Fsp3) is 0.231. The van der Waals surface area contributed by atoms with E-state index in [0.717, 1.165) is 16.7 Å². The summed E-state index contributed by atoms with van der Waals surface area (Å²) in [5.41, 5.74) is 2.84. The number of phenolic OH excluding ortho intramolecular Hbond substituents is 1. The molecular formula is C52H54OS2. The quantitative estimate of drug-likeness (QED) is 0.0956. The molecule has 0 aliphatic rings. The van der Waals surface area contributed by atoms with Crippen LogP contribution in [0.3, 0.4) is 0 Å². The van der Waals surface area contributed by atoms with Crippen molar-refractivity contribution in [3.8, 4) is 5.75 Å². The van der Waals surface area contributed by atoms with Gasteiger partial charge in [0, 0.05) is 14.7 Å². The second-order valence-corrected chi connectivity index (χ2v) is 16.1. The lowest BCUT2D eigenvalue weighted by Gasteiger charge is -2.07. The third kappa shape index (κ3) is 12.1. The van der Waals surface area contributed by atoms with Crippen LogP contribution in [0.15, 0.2) is 172 Å². The van der Waals surface area contributed by atoms with Gasteiger partial charge in [0.05, 0.1) is 0 Å². The molecule has 0 saturated carbocycles. The number of unbranched alkanes of at least 4 members (excludes halogenated alkanes) is 6. The van der Waals surface area contributed by atoms with Crippen LogP contribution in [0.25, 0.3) is 43.1 Å². The molecule has 8 rings (SSSR count). The van der Waals surface area contributed by atoms with Gasteiger partial charge in [0.2, 0.25) is 0 Å². The third-order valence-electron chi connectivity index (χ3n) is 10.1. The Bertz CT molecular complexity index is 2430. The Morgan fingerprint density at radius 1 is 0.400 bits per heavy atom. The second-order valence-electron chi connectivity index (χ2n) is 14.5. The van der Waals surface area contributed by atoms with E-state index in [4.69, 9.17) is 0 Å². The highest BCUT2D eigenvalue weighted by Crippen LogP contribution is 2.32. The van der Waals surface area contributed by atoms with Crippen LogP contribution in [-0.2, 0) is 12.8 Å². The lowest BCUT2D eigenvalue weighted by Crippen LogP contribution is -1.86. The molecule has 0 aliphatic heterocycles. The molecule has 55 heavy (non-hydrogen) atoms. The first-order valence-corrected chi connectivity index (χ1v) is 21.3. The smallest absolute Gasteiger partial charge is 0.116 e. The molecule has 0 atom stereocenters. The molecule has 0 amide bonds. The van der Waals surface area contributed by atoms with Gasteiger partial charge in [0.25, 0.3) is 0 Å². The third-order valence-corrected chi connectivity index (χ3v) is 11.3. The number of aromatic hydroxyl groups is 1. The number of fused-ring (bicyclic) bond motifs is 4. The fourth-order valence-corrected chi connectivity index (χ4v) is 8.12. The first kappa shape index (κ1) is 40.0. The largest absolute Gasteiger partial charge is 0.508 e. The van der Waals surface area contributed by atoms with Gasteiger partial charge in [0.15, 0.2) is 0 Å². The summed E-state index contributed by atoms with van der Waals surface area (Å²) in [5, 5.41) is 19.6. The maximum absolute atomic E-state index is 9.47. The monoisotopic (exact) mass is 758 g/mol. The summed E-state index contributed by atoms with van der Waals surface area (Å²) in [4.78, 5) is 3.62. The highest BCUT2D eigenvalue weighted by molar-refractivity contribution is 7.99. The van der Waals surface area contributed by atoms with Crippen LogP contribution in [-0.4, -0.2) is 5.11 Å². The van der Waals surface area contributed by atoms with Crippen molar-refractivity contribution in [2.75, 3.05) is 0 Å². The summed E-state index contributed by atoms with van der Waals surface area (Å²) in [5.74, 6) is 0.348. The number of hydrogen-bond donors (Lipinski definition) is 2. The summed E-state index contributed by atoms with van der Waals surface area (Å²) in [6, 6.07) is 55.6. The summed E-state index contributed by atoms with van der Waals surface area (Å²) < 4.78 is 0. The molecule has 0 bridgehead atoms. The van der Waals surface area contributed by atoms with E-state index >= 15 is 0 Å². The minimum Gasteiger partial charge on any atom is -0.508 e. The highest BCUT2D eigenvalue weighted by atomic mass is 32.2. The Kier molecular flexibility index (Phi) is 15.1. The number of rotatable bonds is 12. The van der Waals surface area contributed by atoms with Crippen molar-refractivity contribution in [1.82, 2.24) is 0 Å². The zero-order chi connectivity index (χ0) is 38.2. The van der Waals surface area contributed by atoms with Crippen LogP contribution < -0.4 is 0 Å². The van der Waals surface area contributed by atoms with Crippen LogP contribution in [0.1, 0.15) is 76.3 Å². The zero-order valence-electron chi connectivity index (χ0n) is 32.4. The SMILES string of the molecule is CCCCCCc1ccc2ccc(O)cc2c1.CCCCCCc1ccc2ccc(Sc3ccc4ccccc4c3)cc2c1.Sc1ccc2ccccc2c1. The summed E-state index contributed by atoms with van der Waals surface area (Å²) in [6.45, 7) is 4.50. The van der Waals surface area contributed by atoms with Crippen LogP contribution >= 0.6 is 24.4 Å². The molecule has 8 aromatic carbocycles. The second kappa shape index (κ2) is 20.8. The van der Waals surface area contributed by atoms with Gasteiger partial charge >= 0.3 is 0 Å². The topological polar surface area (TPSA) is 20.2 Å². The molecule has 0 fully saturated rings. The molecule has 280 valence electrons. The molecule has 1 nitrogen and oxygen atoms in total. The standard InChI is InChI=1S/C26H26S.C16H20O.C10H8S/c1-2-3-4-5-8-20-11-12-22-14-16-26(19-24(22)17-20)27-25-15-13-21-9-6-7-10-23(21)18-25;1-2-3-4-5-6-13-7-8-14-9-10-16(17)12-15(14)11-13;11-10-6-5-8-3-1-2-4-9(8)7-10/h6-7,9-19H,2-5,8H2,1H3;7-12,17H,2-6H2,1H3;1-7,11H. The summed E-state index contributed by atoms with van der Waals surface area (Å²) >= 11 is 6.11. The maximum Gasteiger partial charge on any atom is 0.116 e. The minimum absolute atomic E-state index is 0.348. The van der Waals surface area contributed by atoms with E-state index in [1.807, 2.05) is 42.1 Å². The fourth-order valence-electron chi connectivity index (χ4n) is 6.99. The molecule has 0 unspecified atom stereocenters. The van der Waals surface area contributed by atoms with Crippen molar-refractivity contribution in [1.29, 1.82) is 0 Å². The van der Waals surface area contributed by atoms with Gasteiger partial charge in [-0.25, -0.2) is 0 Å². The lowest BCUT2D eigenvalue weighted by atomic mass is 10.0. The van der Waals surface area contributed by atoms with Gasteiger partial charge in [-0.15, -0.1) is 12.6 Å². The van der Waals surface area contributed by atoms with Crippen molar-refractivity contribution < 1.29 is 5.11 Å². The predicted molar refractivity (Wildman–Crippen MR) is 245 cm³/mol. The normalized spacial score (nSPS) is 11.0. The highest BCUT2D eigenvalue weighted by Gasteiger charge is 2.04. The molecule has 1 N–H and O–H groups in total. The molecule has 8 aromatic rings. The molecule has 3 heteroatoms. The van der Waals surface area contributed by atoms with Gasteiger partial charge in [-0.3, -0.25) is 0 Å². The molecular weight excluding hydrogens is 705 g/mol. The van der Waals surface area contributed by atoms with Crippen LogP contribution in [0.4, 0.5) is 0 Å². The Labute approximate surface area is 338 Å². The first-order valence-electron chi connectivity index (χ1n) is 20.1. The van der Waals surface area contributed by atoms with Crippen molar-refractivity contribution in [2.45, 2.75) is 92.7 Å². The van der Waals surface area contributed by atoms with Gasteiger partial charge in [0.1, 0.15) is 5.75 Å². The van der Waals surface area contributed by atoms with Crippen molar-refractivity contribution in [2.24, 2.45) is 0 Å². The molecule has 0 aliphatic carbocycles. The Balaban J connectivity index is 0.000000156. The number of phenols is 1. The predicted octanol–water partition coefficient (Wildman–Crippen LogP) is 16.1. The van der Waals surface area contributed by atoms with E-state index in [2.05, 4.69) is 148 Å².